The number of hydrogen-bond donors (Lipinski definition) is 0. The molecule has 0 saturated carbocycles. The Morgan fingerprint density at radius 1 is 0.970 bits per heavy atom. The Morgan fingerprint density at radius 3 is 2.03 bits per heavy atom. The quantitative estimate of drug-likeness (QED) is 0.484. The first-order valence-electron chi connectivity index (χ1n) is 10.8. The Bertz CT molecular complexity index is 942. The number of esters is 1. The van der Waals surface area contributed by atoms with Gasteiger partial charge in [-0.15, -0.1) is 0 Å². The third-order valence-electron chi connectivity index (χ3n) is 5.25. The van der Waals surface area contributed by atoms with E-state index in [0.717, 1.165) is 0 Å². The minimum absolute atomic E-state index is 0.192. The van der Waals surface area contributed by atoms with Crippen LogP contribution in [0.3, 0.4) is 0 Å². The molecule has 8 heteroatoms. The Labute approximate surface area is 191 Å². The van der Waals surface area contributed by atoms with Crippen LogP contribution in [-0.2, 0) is 14.3 Å². The molecular formula is C25H28F3NO4. The van der Waals surface area contributed by atoms with Gasteiger partial charge in [0.25, 0.3) is 0 Å². The van der Waals surface area contributed by atoms with Gasteiger partial charge in [-0.2, -0.15) is 13.2 Å². The fourth-order valence-corrected chi connectivity index (χ4v) is 3.91. The van der Waals surface area contributed by atoms with Crippen LogP contribution in [0.15, 0.2) is 60.7 Å². The number of morpholine rings is 1. The molecule has 178 valence electrons. The summed E-state index contributed by atoms with van der Waals surface area (Å²) in [6.07, 6.45) is -7.54. The van der Waals surface area contributed by atoms with Gasteiger partial charge in [0.2, 0.25) is 0 Å². The molecule has 0 spiro atoms. The molecule has 0 aromatic heterocycles. The van der Waals surface area contributed by atoms with Crippen LogP contribution in [0.25, 0.3) is 0 Å². The molecule has 1 aliphatic heterocycles. The Morgan fingerprint density at radius 2 is 1.52 bits per heavy atom. The molecule has 2 aromatic rings. The number of alkyl halides is 3. The van der Waals surface area contributed by atoms with Crippen LogP contribution in [-0.4, -0.2) is 34.8 Å². The highest BCUT2D eigenvalue weighted by Gasteiger charge is 2.49. The molecule has 1 heterocycles. The van der Waals surface area contributed by atoms with Crippen LogP contribution < -0.4 is 0 Å². The van der Waals surface area contributed by atoms with Gasteiger partial charge < -0.3 is 9.47 Å². The topological polar surface area (TPSA) is 55.8 Å². The lowest BCUT2D eigenvalue weighted by Gasteiger charge is -2.45. The first kappa shape index (κ1) is 24.6. The predicted molar refractivity (Wildman–Crippen MR) is 116 cm³/mol. The van der Waals surface area contributed by atoms with Crippen molar-refractivity contribution in [2.24, 2.45) is 0 Å². The number of ether oxygens (including phenoxy) is 2. The van der Waals surface area contributed by atoms with E-state index in [-0.39, 0.29) is 12.8 Å². The predicted octanol–water partition coefficient (Wildman–Crippen LogP) is 6.36. The maximum atomic E-state index is 13.4. The lowest BCUT2D eigenvalue weighted by molar-refractivity contribution is -0.176. The molecule has 33 heavy (non-hydrogen) atoms. The molecule has 0 unspecified atom stereocenters. The van der Waals surface area contributed by atoms with E-state index in [9.17, 15) is 22.8 Å². The number of halogens is 3. The lowest BCUT2D eigenvalue weighted by atomic mass is 9.90. The van der Waals surface area contributed by atoms with E-state index in [1.165, 1.54) is 4.90 Å². The first-order chi connectivity index (χ1) is 15.5. The van der Waals surface area contributed by atoms with Crippen molar-refractivity contribution >= 4 is 12.1 Å². The monoisotopic (exact) mass is 463 g/mol. The van der Waals surface area contributed by atoms with Gasteiger partial charge in [-0.3, -0.25) is 4.90 Å². The van der Waals surface area contributed by atoms with E-state index in [4.69, 9.17) is 9.47 Å². The van der Waals surface area contributed by atoms with E-state index in [1.807, 2.05) is 12.1 Å². The molecule has 0 radical (unpaired) electrons. The number of carbonyl (C=O) groups excluding carboxylic acids is 2. The summed E-state index contributed by atoms with van der Waals surface area (Å²) in [4.78, 5) is 27.7. The van der Waals surface area contributed by atoms with Crippen molar-refractivity contribution < 1.29 is 32.2 Å². The normalized spacial score (nSPS) is 21.5. The van der Waals surface area contributed by atoms with E-state index in [0.29, 0.717) is 11.1 Å². The highest BCUT2D eigenvalue weighted by Crippen LogP contribution is 2.44. The lowest BCUT2D eigenvalue weighted by Crippen LogP contribution is -2.55. The van der Waals surface area contributed by atoms with Crippen LogP contribution in [0.1, 0.15) is 63.3 Å². The zero-order chi connectivity index (χ0) is 24.2. The van der Waals surface area contributed by atoms with Crippen molar-refractivity contribution in [1.29, 1.82) is 0 Å². The second-order valence-electron chi connectivity index (χ2n) is 9.03. The van der Waals surface area contributed by atoms with Crippen molar-refractivity contribution in [3.63, 3.8) is 0 Å². The van der Waals surface area contributed by atoms with Crippen molar-refractivity contribution in [2.75, 3.05) is 0 Å². The Kier molecular flexibility index (Phi) is 7.34. The largest absolute Gasteiger partial charge is 0.453 e. The minimum Gasteiger partial charge on any atom is -0.453 e. The van der Waals surface area contributed by atoms with Crippen molar-refractivity contribution in [3.05, 3.63) is 71.8 Å². The molecule has 1 amide bonds. The highest BCUT2D eigenvalue weighted by atomic mass is 19.4. The molecule has 1 saturated heterocycles. The molecule has 5 nitrogen and oxygen atoms in total. The summed E-state index contributed by atoms with van der Waals surface area (Å²) in [6, 6.07) is 16.0. The Hall–Kier alpha value is -3.03. The van der Waals surface area contributed by atoms with E-state index >= 15 is 0 Å². The number of benzene rings is 2. The summed E-state index contributed by atoms with van der Waals surface area (Å²) in [6.45, 7) is 5.08. The summed E-state index contributed by atoms with van der Waals surface area (Å²) in [5, 5.41) is 0. The number of amides is 1. The number of cyclic esters (lactones) is 1. The second-order valence-corrected chi connectivity index (χ2v) is 9.03. The van der Waals surface area contributed by atoms with Crippen LogP contribution in [0, 0.1) is 0 Å². The summed E-state index contributed by atoms with van der Waals surface area (Å²) in [5.74, 6) is -0.746. The van der Waals surface area contributed by atoms with Crippen molar-refractivity contribution in [2.45, 2.75) is 70.0 Å². The van der Waals surface area contributed by atoms with Crippen molar-refractivity contribution in [3.8, 4) is 0 Å². The zero-order valence-electron chi connectivity index (χ0n) is 18.8. The average Bonchev–Trinajstić information content (AvgIpc) is 2.73. The van der Waals surface area contributed by atoms with Crippen LogP contribution in [0.4, 0.5) is 18.0 Å². The average molecular weight is 463 g/mol. The molecule has 0 bridgehead atoms. The van der Waals surface area contributed by atoms with Gasteiger partial charge in [0.1, 0.15) is 17.7 Å². The second kappa shape index (κ2) is 9.85. The standard InChI is InChI=1S/C25H28F3NO4/c1-24(2,3)33-23(31)29-19(15-10-16-25(26,27)28)22(30)32-21(18-13-8-5-9-14-18)20(29)17-11-6-4-7-12-17/h4-9,11-14,19-21H,10,15-16H2,1-3H3/t19-,20-,21-/m0/s1. The maximum Gasteiger partial charge on any atom is 0.411 e. The van der Waals surface area contributed by atoms with Crippen LogP contribution >= 0.6 is 0 Å². The third kappa shape index (κ3) is 6.49. The van der Waals surface area contributed by atoms with E-state index in [1.54, 1.807) is 69.3 Å². The van der Waals surface area contributed by atoms with Crippen molar-refractivity contribution in [1.82, 2.24) is 4.90 Å². The summed E-state index contributed by atoms with van der Waals surface area (Å²) < 4.78 is 49.7. The molecule has 0 N–H and O–H groups in total. The van der Waals surface area contributed by atoms with Gasteiger partial charge >= 0.3 is 18.2 Å². The molecule has 2 aromatic carbocycles. The number of hydrogen-bond acceptors (Lipinski definition) is 4. The third-order valence-corrected chi connectivity index (χ3v) is 5.25. The van der Waals surface area contributed by atoms with Gasteiger partial charge in [-0.25, -0.2) is 9.59 Å². The van der Waals surface area contributed by atoms with Gasteiger partial charge in [-0.1, -0.05) is 60.7 Å². The summed E-state index contributed by atoms with van der Waals surface area (Å²) in [5.41, 5.74) is 0.492. The van der Waals surface area contributed by atoms with Gasteiger partial charge in [0.05, 0.1) is 0 Å². The SMILES string of the molecule is CC(C)(C)OC(=O)N1[C@@H](CCCC(F)(F)F)C(=O)O[C@@H](c2ccccc2)[C@@H]1c1ccccc1. The van der Waals surface area contributed by atoms with Crippen LogP contribution in [0.2, 0.25) is 0 Å². The fraction of sp³-hybridized carbons (Fsp3) is 0.440. The molecule has 3 atom stereocenters. The van der Waals surface area contributed by atoms with E-state index in [2.05, 4.69) is 0 Å². The zero-order valence-corrected chi connectivity index (χ0v) is 18.8. The molecule has 0 aliphatic carbocycles. The van der Waals surface area contributed by atoms with Crippen LogP contribution in [0.5, 0.6) is 0 Å². The Balaban J connectivity index is 2.06. The van der Waals surface area contributed by atoms with E-state index < -0.39 is 48.4 Å². The first-order valence-corrected chi connectivity index (χ1v) is 10.8. The highest BCUT2D eigenvalue weighted by molar-refractivity contribution is 5.83. The number of nitrogens with zero attached hydrogens (tertiary/aromatic N) is 1. The maximum absolute atomic E-state index is 13.4. The number of carbonyl (C=O) groups is 2. The smallest absolute Gasteiger partial charge is 0.411 e. The van der Waals surface area contributed by atoms with Gasteiger partial charge in [0.15, 0.2) is 6.10 Å². The molecule has 3 rings (SSSR count). The molecular weight excluding hydrogens is 435 g/mol. The minimum atomic E-state index is -4.36. The van der Waals surface area contributed by atoms with Gasteiger partial charge in [-0.05, 0) is 44.7 Å². The van der Waals surface area contributed by atoms with Gasteiger partial charge in [0, 0.05) is 6.42 Å². The fourth-order valence-electron chi connectivity index (χ4n) is 3.91. The number of rotatable bonds is 5. The summed E-state index contributed by atoms with van der Waals surface area (Å²) >= 11 is 0. The molecule has 1 aliphatic rings. The summed E-state index contributed by atoms with van der Waals surface area (Å²) in [7, 11) is 0. The molecule has 1 fully saturated rings.